The van der Waals surface area contributed by atoms with E-state index in [0.29, 0.717) is 0 Å². The molecule has 12 heavy (non-hydrogen) atoms. The van der Waals surface area contributed by atoms with Gasteiger partial charge in [-0.3, -0.25) is 15.1 Å². The first-order valence-electron chi connectivity index (χ1n) is 4.04. The number of hydrogen-bond donors (Lipinski definition) is 2. The topological polar surface area (TPSA) is 61.6 Å². The van der Waals surface area contributed by atoms with E-state index in [0.717, 1.165) is 19.6 Å². The van der Waals surface area contributed by atoms with E-state index >= 15 is 0 Å². The number of nitrogens with zero attached hydrogens (tertiary/aromatic N) is 2. The Hall–Kier alpha value is -0.650. The van der Waals surface area contributed by atoms with Crippen LogP contribution in [0.4, 0.5) is 0 Å². The van der Waals surface area contributed by atoms with Crippen LogP contribution in [0.25, 0.3) is 0 Å². The fraction of sp³-hybridized carbons (Fsp3) is 0.857. The Morgan fingerprint density at radius 2 is 2.17 bits per heavy atom. The molecule has 1 atom stereocenters. The molecule has 1 aliphatic rings. The molecule has 5 heteroatoms. The summed E-state index contributed by atoms with van der Waals surface area (Å²) in [5.74, 6) is 4.96. The molecule has 1 fully saturated rings. The molecule has 1 aliphatic heterocycles. The summed E-state index contributed by atoms with van der Waals surface area (Å²) in [4.78, 5) is 15.4. The maximum atomic E-state index is 11.2. The van der Waals surface area contributed by atoms with Crippen molar-refractivity contribution in [3.63, 3.8) is 0 Å². The zero-order valence-electron chi connectivity index (χ0n) is 7.58. The van der Waals surface area contributed by atoms with Gasteiger partial charge in [0.1, 0.15) is 6.04 Å². The third-order valence-electron chi connectivity index (χ3n) is 2.30. The van der Waals surface area contributed by atoms with Crippen LogP contribution in [-0.4, -0.2) is 55.5 Å². The molecular weight excluding hydrogens is 156 g/mol. The fourth-order valence-electron chi connectivity index (χ4n) is 1.39. The molecule has 0 spiro atoms. The molecule has 5 nitrogen and oxygen atoms in total. The van der Waals surface area contributed by atoms with Crippen molar-refractivity contribution in [3.05, 3.63) is 0 Å². The second kappa shape index (κ2) is 3.84. The number of nitrogens with one attached hydrogen (secondary N) is 1. The zero-order chi connectivity index (χ0) is 9.14. The van der Waals surface area contributed by atoms with Crippen LogP contribution >= 0.6 is 0 Å². The lowest BCUT2D eigenvalue weighted by Gasteiger charge is -2.36. The maximum absolute atomic E-state index is 11.2. The van der Waals surface area contributed by atoms with Crippen molar-refractivity contribution in [1.29, 1.82) is 0 Å². The Balaban J connectivity index is 2.54. The molecular formula is C7H16N4O. The lowest BCUT2D eigenvalue weighted by molar-refractivity contribution is -0.127. The number of amides is 1. The molecule has 0 radical (unpaired) electrons. The van der Waals surface area contributed by atoms with Crippen molar-refractivity contribution in [2.75, 3.05) is 33.7 Å². The number of carbonyl (C=O) groups excluding carboxylic acids is 1. The van der Waals surface area contributed by atoms with Gasteiger partial charge in [-0.2, -0.15) is 0 Å². The van der Waals surface area contributed by atoms with E-state index in [1.165, 1.54) is 0 Å². The summed E-state index contributed by atoms with van der Waals surface area (Å²) < 4.78 is 0. The minimum Gasteiger partial charge on any atom is -0.303 e. The van der Waals surface area contributed by atoms with Gasteiger partial charge in [-0.25, -0.2) is 5.84 Å². The van der Waals surface area contributed by atoms with Crippen molar-refractivity contribution < 1.29 is 4.79 Å². The van der Waals surface area contributed by atoms with E-state index < -0.39 is 0 Å². The number of likely N-dealkylation sites (N-methyl/N-ethyl adjacent to an activating group) is 2. The summed E-state index contributed by atoms with van der Waals surface area (Å²) in [6, 6.07) is -0.103. The Kier molecular flexibility index (Phi) is 3.02. The standard InChI is InChI=1S/C7H16N4O/c1-10-3-4-11(2)6(5-10)7(12)9-8/h6H,3-5,8H2,1-2H3,(H,9,12)/t6-/m1/s1. The molecule has 3 N–H and O–H groups in total. The molecule has 1 saturated heterocycles. The van der Waals surface area contributed by atoms with Crippen LogP contribution in [0.15, 0.2) is 0 Å². The van der Waals surface area contributed by atoms with Crippen molar-refractivity contribution in [3.8, 4) is 0 Å². The van der Waals surface area contributed by atoms with Crippen LogP contribution in [0.3, 0.4) is 0 Å². The predicted molar refractivity (Wildman–Crippen MR) is 46.2 cm³/mol. The molecule has 0 aromatic rings. The number of hydrogen-bond acceptors (Lipinski definition) is 4. The van der Waals surface area contributed by atoms with Gasteiger partial charge < -0.3 is 4.90 Å². The van der Waals surface area contributed by atoms with Crippen LogP contribution in [0.1, 0.15) is 0 Å². The lowest BCUT2D eigenvalue weighted by atomic mass is 10.2. The highest BCUT2D eigenvalue weighted by Gasteiger charge is 2.27. The summed E-state index contributed by atoms with van der Waals surface area (Å²) in [5, 5.41) is 0. The average Bonchev–Trinajstić information content (AvgIpc) is 2.08. The Morgan fingerprint density at radius 1 is 1.50 bits per heavy atom. The summed E-state index contributed by atoms with van der Waals surface area (Å²) >= 11 is 0. The average molecular weight is 172 g/mol. The Morgan fingerprint density at radius 3 is 2.75 bits per heavy atom. The van der Waals surface area contributed by atoms with E-state index in [-0.39, 0.29) is 11.9 Å². The van der Waals surface area contributed by atoms with Gasteiger partial charge in [0.15, 0.2) is 0 Å². The van der Waals surface area contributed by atoms with Gasteiger partial charge in [-0.15, -0.1) is 0 Å². The molecule has 0 saturated carbocycles. The fourth-order valence-corrected chi connectivity index (χ4v) is 1.39. The van der Waals surface area contributed by atoms with E-state index in [9.17, 15) is 4.79 Å². The first-order valence-corrected chi connectivity index (χ1v) is 4.04. The molecule has 1 rings (SSSR count). The largest absolute Gasteiger partial charge is 0.303 e. The molecule has 1 amide bonds. The molecule has 1 heterocycles. The zero-order valence-corrected chi connectivity index (χ0v) is 7.58. The van der Waals surface area contributed by atoms with Gasteiger partial charge in [-0.05, 0) is 14.1 Å². The molecule has 70 valence electrons. The summed E-state index contributed by atoms with van der Waals surface area (Å²) in [6.45, 7) is 2.67. The van der Waals surface area contributed by atoms with E-state index in [1.807, 2.05) is 19.0 Å². The number of piperazine rings is 1. The SMILES string of the molecule is CN1CCN(C)[C@@H](C(=O)NN)C1. The molecule has 0 aromatic carbocycles. The van der Waals surface area contributed by atoms with Crippen LogP contribution in [0.2, 0.25) is 0 Å². The van der Waals surface area contributed by atoms with Crippen molar-refractivity contribution in [2.45, 2.75) is 6.04 Å². The highest BCUT2D eigenvalue weighted by atomic mass is 16.2. The molecule has 0 aromatic heterocycles. The first-order chi connectivity index (χ1) is 5.65. The van der Waals surface area contributed by atoms with Gasteiger partial charge in [0.25, 0.3) is 5.91 Å². The Bertz CT molecular complexity index is 173. The highest BCUT2D eigenvalue weighted by molar-refractivity contribution is 5.81. The number of hydrazine groups is 1. The van der Waals surface area contributed by atoms with Crippen LogP contribution < -0.4 is 11.3 Å². The van der Waals surface area contributed by atoms with E-state index in [2.05, 4.69) is 10.3 Å². The Labute approximate surface area is 72.5 Å². The minimum atomic E-state index is -0.107. The van der Waals surface area contributed by atoms with Gasteiger partial charge in [0, 0.05) is 19.6 Å². The third kappa shape index (κ3) is 1.94. The van der Waals surface area contributed by atoms with E-state index in [1.54, 1.807) is 0 Å². The smallest absolute Gasteiger partial charge is 0.252 e. The van der Waals surface area contributed by atoms with Gasteiger partial charge in [0.05, 0.1) is 0 Å². The molecule has 0 aliphatic carbocycles. The number of nitrogens with two attached hydrogens (primary N) is 1. The second-order valence-electron chi connectivity index (χ2n) is 3.27. The minimum absolute atomic E-state index is 0.103. The molecule has 0 unspecified atom stereocenters. The predicted octanol–water partition coefficient (Wildman–Crippen LogP) is -1.78. The third-order valence-corrected chi connectivity index (χ3v) is 2.30. The van der Waals surface area contributed by atoms with Gasteiger partial charge in [-0.1, -0.05) is 0 Å². The monoisotopic (exact) mass is 172 g/mol. The summed E-state index contributed by atoms with van der Waals surface area (Å²) in [7, 11) is 3.94. The summed E-state index contributed by atoms with van der Waals surface area (Å²) in [5.41, 5.74) is 2.18. The van der Waals surface area contributed by atoms with Crippen LogP contribution in [0, 0.1) is 0 Å². The van der Waals surface area contributed by atoms with Gasteiger partial charge >= 0.3 is 0 Å². The van der Waals surface area contributed by atoms with Crippen LogP contribution in [0.5, 0.6) is 0 Å². The van der Waals surface area contributed by atoms with Crippen molar-refractivity contribution in [2.24, 2.45) is 5.84 Å². The van der Waals surface area contributed by atoms with E-state index in [4.69, 9.17) is 5.84 Å². The maximum Gasteiger partial charge on any atom is 0.252 e. The van der Waals surface area contributed by atoms with Crippen LogP contribution in [-0.2, 0) is 4.79 Å². The summed E-state index contributed by atoms with van der Waals surface area (Å²) in [6.07, 6.45) is 0. The normalized spacial score (nSPS) is 27.1. The van der Waals surface area contributed by atoms with Gasteiger partial charge in [0.2, 0.25) is 0 Å². The second-order valence-corrected chi connectivity index (χ2v) is 3.27. The first kappa shape index (κ1) is 9.44. The van der Waals surface area contributed by atoms with Crippen molar-refractivity contribution >= 4 is 5.91 Å². The number of carbonyl (C=O) groups is 1. The highest BCUT2D eigenvalue weighted by Crippen LogP contribution is 2.04. The molecule has 0 bridgehead atoms. The lowest BCUT2D eigenvalue weighted by Crippen LogP contribution is -2.57. The number of rotatable bonds is 1. The quantitative estimate of drug-likeness (QED) is 0.279. The van der Waals surface area contributed by atoms with Crippen molar-refractivity contribution in [1.82, 2.24) is 15.2 Å².